The molecule has 1 aliphatic rings. The van der Waals surface area contributed by atoms with Crippen molar-refractivity contribution in [2.75, 3.05) is 0 Å². The molecule has 4 rings (SSSR count). The van der Waals surface area contributed by atoms with Gasteiger partial charge in [0.15, 0.2) is 17.4 Å². The lowest BCUT2D eigenvalue weighted by Crippen LogP contribution is -2.20. The second-order valence-electron chi connectivity index (χ2n) is 6.49. The van der Waals surface area contributed by atoms with Crippen LogP contribution in [0.1, 0.15) is 34.8 Å². The van der Waals surface area contributed by atoms with Crippen molar-refractivity contribution in [2.24, 2.45) is 0 Å². The van der Waals surface area contributed by atoms with Gasteiger partial charge in [-0.15, -0.1) is 0 Å². The number of aromatic carboxylic acids is 1. The first-order chi connectivity index (χ1) is 13.0. The Bertz CT molecular complexity index is 1100. The molecular weight excluding hydrogens is 356 g/mol. The van der Waals surface area contributed by atoms with Crippen molar-refractivity contribution >= 4 is 16.9 Å². The Labute approximate surface area is 152 Å². The molecule has 1 fully saturated rings. The average Bonchev–Trinajstić information content (AvgIpc) is 3.48. The number of carboxylic acids is 1. The molecule has 0 saturated heterocycles. The summed E-state index contributed by atoms with van der Waals surface area (Å²) in [4.78, 5) is 23.7. The minimum absolute atomic E-state index is 0.0406. The van der Waals surface area contributed by atoms with E-state index < -0.39 is 34.3 Å². The Balaban J connectivity index is 1.87. The lowest BCUT2D eigenvalue weighted by molar-refractivity contribution is 0.0695. The third kappa shape index (κ3) is 3.05. The zero-order chi connectivity index (χ0) is 19.1. The summed E-state index contributed by atoms with van der Waals surface area (Å²) < 4.78 is 36.4. The van der Waals surface area contributed by atoms with Crippen molar-refractivity contribution in [3.63, 3.8) is 0 Å². The van der Waals surface area contributed by atoms with Crippen LogP contribution in [0.3, 0.4) is 0 Å². The molecule has 0 aliphatic heterocycles. The van der Waals surface area contributed by atoms with E-state index in [1.165, 1.54) is 4.57 Å². The smallest absolute Gasteiger partial charge is 0.341 e. The molecule has 0 unspecified atom stereocenters. The molecule has 1 aliphatic carbocycles. The van der Waals surface area contributed by atoms with Gasteiger partial charge < -0.3 is 14.4 Å². The molecule has 0 amide bonds. The van der Waals surface area contributed by atoms with Gasteiger partial charge in [0.25, 0.3) is 0 Å². The molecule has 7 heteroatoms. The second kappa shape index (κ2) is 6.50. The highest BCUT2D eigenvalue weighted by Crippen LogP contribution is 2.39. The van der Waals surface area contributed by atoms with Crippen molar-refractivity contribution in [3.8, 4) is 5.75 Å². The van der Waals surface area contributed by atoms with E-state index in [-0.39, 0.29) is 23.6 Å². The number of carbonyl (C=O) groups is 1. The molecule has 1 saturated carbocycles. The summed E-state index contributed by atoms with van der Waals surface area (Å²) >= 11 is 0. The molecule has 0 atom stereocenters. The lowest BCUT2D eigenvalue weighted by atomic mass is 10.1. The summed E-state index contributed by atoms with van der Waals surface area (Å²) in [6.45, 7) is -0.0406. The molecule has 1 heterocycles. The van der Waals surface area contributed by atoms with E-state index in [0.717, 1.165) is 30.7 Å². The van der Waals surface area contributed by atoms with Gasteiger partial charge in [-0.3, -0.25) is 4.79 Å². The minimum Gasteiger partial charge on any atom is -0.483 e. The van der Waals surface area contributed by atoms with Crippen molar-refractivity contribution in [3.05, 3.63) is 75.6 Å². The number of rotatable bonds is 5. The topological polar surface area (TPSA) is 68.5 Å². The number of aromatic nitrogens is 1. The van der Waals surface area contributed by atoms with Crippen LogP contribution in [0.25, 0.3) is 10.9 Å². The molecule has 27 heavy (non-hydrogen) atoms. The predicted molar refractivity (Wildman–Crippen MR) is 94.1 cm³/mol. The van der Waals surface area contributed by atoms with Crippen LogP contribution in [0.5, 0.6) is 5.75 Å². The van der Waals surface area contributed by atoms with E-state index in [2.05, 4.69) is 0 Å². The van der Waals surface area contributed by atoms with Crippen LogP contribution in [-0.2, 0) is 6.61 Å². The maximum Gasteiger partial charge on any atom is 0.341 e. The number of hydrogen-bond acceptors (Lipinski definition) is 3. The van der Waals surface area contributed by atoms with Gasteiger partial charge in [0.05, 0.1) is 10.9 Å². The van der Waals surface area contributed by atoms with Crippen LogP contribution >= 0.6 is 0 Å². The number of benzene rings is 2. The Morgan fingerprint density at radius 3 is 2.56 bits per heavy atom. The summed E-state index contributed by atoms with van der Waals surface area (Å²) in [5.41, 5.74) is -0.817. The third-order valence-electron chi connectivity index (χ3n) is 4.56. The summed E-state index contributed by atoms with van der Waals surface area (Å²) in [5, 5.41) is 8.93. The van der Waals surface area contributed by atoms with Crippen LogP contribution in [0.4, 0.5) is 8.78 Å². The van der Waals surface area contributed by atoms with E-state index in [0.29, 0.717) is 0 Å². The minimum atomic E-state index is -1.43. The highest BCUT2D eigenvalue weighted by molar-refractivity contribution is 5.93. The van der Waals surface area contributed by atoms with Crippen molar-refractivity contribution in [1.29, 1.82) is 0 Å². The van der Waals surface area contributed by atoms with Gasteiger partial charge in [0, 0.05) is 12.2 Å². The molecule has 0 bridgehead atoms. The third-order valence-corrected chi connectivity index (χ3v) is 4.56. The number of pyridine rings is 1. The molecule has 0 spiro atoms. The van der Waals surface area contributed by atoms with E-state index in [1.807, 2.05) is 6.07 Å². The number of nitrogens with zero attached hydrogens (tertiary/aromatic N) is 1. The van der Waals surface area contributed by atoms with Crippen LogP contribution in [0.15, 0.2) is 47.4 Å². The van der Waals surface area contributed by atoms with Crippen LogP contribution in [0.2, 0.25) is 0 Å². The molecule has 5 nitrogen and oxygen atoms in total. The Hall–Kier alpha value is -3.22. The molecule has 1 N–H and O–H groups in total. The van der Waals surface area contributed by atoms with E-state index in [9.17, 15) is 19.1 Å². The monoisotopic (exact) mass is 371 g/mol. The fourth-order valence-electron chi connectivity index (χ4n) is 3.08. The Kier molecular flexibility index (Phi) is 4.14. The summed E-state index contributed by atoms with van der Waals surface area (Å²) in [5.74, 6) is -4.05. The maximum atomic E-state index is 15.1. The summed E-state index contributed by atoms with van der Waals surface area (Å²) in [6, 6.07) is 9.63. The van der Waals surface area contributed by atoms with Gasteiger partial charge in [-0.25, -0.2) is 13.6 Å². The summed E-state index contributed by atoms with van der Waals surface area (Å²) in [6.07, 6.45) is 2.59. The first kappa shape index (κ1) is 17.2. The van der Waals surface area contributed by atoms with Crippen LogP contribution < -0.4 is 10.2 Å². The molecule has 0 radical (unpaired) electrons. The number of hydrogen-bond donors (Lipinski definition) is 1. The van der Waals surface area contributed by atoms with Gasteiger partial charge >= 0.3 is 5.97 Å². The van der Waals surface area contributed by atoms with Gasteiger partial charge in [-0.1, -0.05) is 30.3 Å². The normalized spacial score (nSPS) is 13.7. The predicted octanol–water partition coefficient (Wildman–Crippen LogP) is 3.89. The van der Waals surface area contributed by atoms with E-state index >= 15 is 4.39 Å². The number of halogens is 2. The number of fused-ring (bicyclic) bond motifs is 1. The molecule has 138 valence electrons. The van der Waals surface area contributed by atoms with Crippen molar-refractivity contribution in [1.82, 2.24) is 4.57 Å². The highest BCUT2D eigenvalue weighted by atomic mass is 19.1. The number of carboxylic acid groups (broad SMARTS) is 1. The number of ether oxygens (including phenoxy) is 1. The van der Waals surface area contributed by atoms with Crippen molar-refractivity contribution in [2.45, 2.75) is 25.5 Å². The van der Waals surface area contributed by atoms with Crippen molar-refractivity contribution < 1.29 is 23.4 Å². The van der Waals surface area contributed by atoms with E-state index in [1.54, 1.807) is 24.3 Å². The largest absolute Gasteiger partial charge is 0.483 e. The fraction of sp³-hybridized carbons (Fsp3) is 0.200. The molecule has 3 aromatic rings. The first-order valence-electron chi connectivity index (χ1n) is 8.44. The average molecular weight is 371 g/mol. The zero-order valence-corrected chi connectivity index (χ0v) is 14.1. The van der Waals surface area contributed by atoms with Crippen LogP contribution in [0, 0.1) is 11.6 Å². The van der Waals surface area contributed by atoms with Gasteiger partial charge in [0.1, 0.15) is 12.2 Å². The lowest BCUT2D eigenvalue weighted by Gasteiger charge is -2.15. The van der Waals surface area contributed by atoms with Gasteiger partial charge in [0.2, 0.25) is 5.43 Å². The van der Waals surface area contributed by atoms with Gasteiger partial charge in [-0.2, -0.15) is 0 Å². The summed E-state index contributed by atoms with van der Waals surface area (Å²) in [7, 11) is 0. The Morgan fingerprint density at radius 2 is 1.93 bits per heavy atom. The second-order valence-corrected chi connectivity index (χ2v) is 6.49. The standard InChI is InChI=1S/C20H15F2NO4/c21-15-8-13-17(16(22)19(15)27-10-11-4-2-1-3-5-11)23(12-6-7-12)9-14(18(13)24)20(25)26/h1-5,8-9,12H,6-7,10H2,(H,25,26). The molecule has 2 aromatic carbocycles. The quantitative estimate of drug-likeness (QED) is 0.739. The first-order valence-corrected chi connectivity index (χ1v) is 8.44. The highest BCUT2D eigenvalue weighted by Gasteiger charge is 2.30. The van der Waals surface area contributed by atoms with E-state index in [4.69, 9.17) is 4.74 Å². The van der Waals surface area contributed by atoms with Crippen LogP contribution in [-0.4, -0.2) is 15.6 Å². The zero-order valence-electron chi connectivity index (χ0n) is 14.1. The SMILES string of the molecule is O=C(O)c1cn(C2CC2)c2c(F)c(OCc3ccccc3)c(F)cc2c1=O. The maximum absolute atomic E-state index is 15.1. The fourth-order valence-corrected chi connectivity index (χ4v) is 3.08. The Morgan fingerprint density at radius 1 is 1.22 bits per heavy atom. The van der Waals surface area contributed by atoms with Gasteiger partial charge in [-0.05, 0) is 24.5 Å². The molecular formula is C20H15F2NO4. The molecule has 1 aromatic heterocycles.